The van der Waals surface area contributed by atoms with Gasteiger partial charge in [-0.05, 0) is 46.7 Å². The van der Waals surface area contributed by atoms with Crippen LogP contribution in [0.2, 0.25) is 0 Å². The maximum absolute atomic E-state index is 12.1. The molecule has 2 rings (SSSR count). The van der Waals surface area contributed by atoms with E-state index < -0.39 is 5.60 Å². The van der Waals surface area contributed by atoms with E-state index >= 15 is 0 Å². The Kier molecular flexibility index (Phi) is 5.46. The lowest BCUT2D eigenvalue weighted by Crippen LogP contribution is -2.52. The number of nitrogens with zero attached hydrogens (tertiary/aromatic N) is 2. The monoisotopic (exact) mass is 299 g/mol. The predicted octanol–water partition coefficient (Wildman–Crippen LogP) is 1.05. The normalized spacial score (nSPS) is 25.9. The topological polar surface area (TPSA) is 68.0 Å². The van der Waals surface area contributed by atoms with Crippen molar-refractivity contribution in [3.05, 3.63) is 0 Å². The molecule has 0 spiro atoms. The molecule has 2 fully saturated rings. The summed E-state index contributed by atoms with van der Waals surface area (Å²) < 4.78 is 11.2. The highest BCUT2D eigenvalue weighted by atomic mass is 16.6. The summed E-state index contributed by atoms with van der Waals surface area (Å²) in [6, 6.07) is 0.340. The van der Waals surface area contributed by atoms with Gasteiger partial charge >= 0.3 is 6.09 Å². The predicted molar refractivity (Wildman–Crippen MR) is 81.2 cm³/mol. The molecule has 2 aliphatic heterocycles. The molecule has 0 aromatic carbocycles. The highest BCUT2D eigenvalue weighted by Crippen LogP contribution is 2.15. The molecule has 122 valence electrons. The van der Waals surface area contributed by atoms with Crippen molar-refractivity contribution < 1.29 is 14.3 Å². The maximum Gasteiger partial charge on any atom is 0.410 e. The largest absolute Gasteiger partial charge is 0.444 e. The van der Waals surface area contributed by atoms with E-state index in [1.807, 2.05) is 20.8 Å². The summed E-state index contributed by atoms with van der Waals surface area (Å²) in [5.74, 6) is 0. The SMILES string of the molecule is CC(C)(C)OC(=O)N1CCO[C@H](CN2CCC(N)CC2)C1. The van der Waals surface area contributed by atoms with Crippen LogP contribution in [0.25, 0.3) is 0 Å². The van der Waals surface area contributed by atoms with Gasteiger partial charge in [-0.2, -0.15) is 0 Å². The number of ether oxygens (including phenoxy) is 2. The average Bonchev–Trinajstić information content (AvgIpc) is 2.40. The molecule has 1 atom stereocenters. The van der Waals surface area contributed by atoms with Crippen molar-refractivity contribution in [2.45, 2.75) is 51.4 Å². The lowest BCUT2D eigenvalue weighted by Gasteiger charge is -2.38. The number of rotatable bonds is 2. The van der Waals surface area contributed by atoms with Gasteiger partial charge < -0.3 is 25.0 Å². The maximum atomic E-state index is 12.1. The van der Waals surface area contributed by atoms with Crippen molar-refractivity contribution in [3.8, 4) is 0 Å². The molecule has 0 aromatic heterocycles. The van der Waals surface area contributed by atoms with Crippen molar-refractivity contribution >= 4 is 6.09 Å². The highest BCUT2D eigenvalue weighted by Gasteiger charge is 2.29. The van der Waals surface area contributed by atoms with E-state index in [9.17, 15) is 4.79 Å². The van der Waals surface area contributed by atoms with Crippen LogP contribution in [0.3, 0.4) is 0 Å². The van der Waals surface area contributed by atoms with Gasteiger partial charge in [-0.1, -0.05) is 0 Å². The summed E-state index contributed by atoms with van der Waals surface area (Å²) >= 11 is 0. The molecule has 0 unspecified atom stereocenters. The fourth-order valence-electron chi connectivity index (χ4n) is 2.75. The zero-order valence-electron chi connectivity index (χ0n) is 13.5. The van der Waals surface area contributed by atoms with Gasteiger partial charge in [0.2, 0.25) is 0 Å². The summed E-state index contributed by atoms with van der Waals surface area (Å²) in [5.41, 5.74) is 5.47. The van der Waals surface area contributed by atoms with E-state index in [2.05, 4.69) is 4.90 Å². The van der Waals surface area contributed by atoms with Crippen LogP contribution in [0.4, 0.5) is 4.79 Å². The van der Waals surface area contributed by atoms with Crippen LogP contribution in [-0.2, 0) is 9.47 Å². The van der Waals surface area contributed by atoms with Crippen molar-refractivity contribution in [2.75, 3.05) is 39.3 Å². The number of hydrogen-bond donors (Lipinski definition) is 1. The first kappa shape index (κ1) is 16.5. The first-order chi connectivity index (χ1) is 9.83. The molecule has 21 heavy (non-hydrogen) atoms. The second-order valence-electron chi connectivity index (χ2n) is 7.06. The molecule has 2 saturated heterocycles. The molecular weight excluding hydrogens is 270 g/mol. The average molecular weight is 299 g/mol. The number of carbonyl (C=O) groups excluding carboxylic acids is 1. The number of hydrogen-bond acceptors (Lipinski definition) is 5. The van der Waals surface area contributed by atoms with Crippen molar-refractivity contribution in [1.29, 1.82) is 0 Å². The van der Waals surface area contributed by atoms with Gasteiger partial charge in [0.15, 0.2) is 0 Å². The number of carbonyl (C=O) groups is 1. The molecule has 0 aromatic rings. The first-order valence-electron chi connectivity index (χ1n) is 7.91. The van der Waals surface area contributed by atoms with E-state index in [0.29, 0.717) is 25.7 Å². The van der Waals surface area contributed by atoms with Gasteiger partial charge in [0.05, 0.1) is 19.3 Å². The highest BCUT2D eigenvalue weighted by molar-refractivity contribution is 5.68. The lowest BCUT2D eigenvalue weighted by molar-refractivity contribution is -0.0539. The van der Waals surface area contributed by atoms with Crippen LogP contribution in [0.1, 0.15) is 33.6 Å². The molecule has 0 radical (unpaired) electrons. The minimum Gasteiger partial charge on any atom is -0.444 e. The summed E-state index contributed by atoms with van der Waals surface area (Å²) in [7, 11) is 0. The van der Waals surface area contributed by atoms with Crippen LogP contribution < -0.4 is 5.73 Å². The lowest BCUT2D eigenvalue weighted by atomic mass is 10.1. The van der Waals surface area contributed by atoms with E-state index in [1.165, 1.54) is 0 Å². The Morgan fingerprint density at radius 1 is 1.29 bits per heavy atom. The summed E-state index contributed by atoms with van der Waals surface area (Å²) in [5, 5.41) is 0. The number of amides is 1. The molecule has 6 heteroatoms. The van der Waals surface area contributed by atoms with Gasteiger partial charge in [-0.25, -0.2) is 4.79 Å². The van der Waals surface area contributed by atoms with Crippen molar-refractivity contribution in [3.63, 3.8) is 0 Å². The molecule has 2 aliphatic rings. The van der Waals surface area contributed by atoms with Gasteiger partial charge in [0.1, 0.15) is 5.60 Å². The van der Waals surface area contributed by atoms with Gasteiger partial charge in [-0.15, -0.1) is 0 Å². The Morgan fingerprint density at radius 2 is 1.95 bits per heavy atom. The van der Waals surface area contributed by atoms with E-state index in [-0.39, 0.29) is 12.2 Å². The van der Waals surface area contributed by atoms with E-state index in [1.54, 1.807) is 4.90 Å². The van der Waals surface area contributed by atoms with Gasteiger partial charge in [0.25, 0.3) is 0 Å². The standard InChI is InChI=1S/C15H29N3O3/c1-15(2,3)21-14(19)18-8-9-20-13(11-18)10-17-6-4-12(16)5-7-17/h12-13H,4-11,16H2,1-3H3/t13-/m1/s1. The van der Waals surface area contributed by atoms with Gasteiger partial charge in [-0.3, -0.25) is 0 Å². The van der Waals surface area contributed by atoms with E-state index in [0.717, 1.165) is 32.5 Å². The molecule has 0 saturated carbocycles. The minimum atomic E-state index is -0.451. The number of morpholine rings is 1. The molecule has 2 N–H and O–H groups in total. The Hall–Kier alpha value is -0.850. The van der Waals surface area contributed by atoms with Crippen LogP contribution >= 0.6 is 0 Å². The van der Waals surface area contributed by atoms with Crippen LogP contribution in [0.5, 0.6) is 0 Å². The fourth-order valence-corrected chi connectivity index (χ4v) is 2.75. The van der Waals surface area contributed by atoms with Crippen LogP contribution in [0, 0.1) is 0 Å². The van der Waals surface area contributed by atoms with Crippen LogP contribution in [0.15, 0.2) is 0 Å². The zero-order chi connectivity index (χ0) is 15.5. The molecule has 0 aliphatic carbocycles. The van der Waals surface area contributed by atoms with Gasteiger partial charge in [0, 0.05) is 19.1 Å². The number of piperidine rings is 1. The fraction of sp³-hybridized carbons (Fsp3) is 0.933. The Morgan fingerprint density at radius 3 is 2.57 bits per heavy atom. The summed E-state index contributed by atoms with van der Waals surface area (Å²) in [4.78, 5) is 16.3. The smallest absolute Gasteiger partial charge is 0.410 e. The third-order valence-electron chi connectivity index (χ3n) is 3.88. The molecule has 2 heterocycles. The third-order valence-corrected chi connectivity index (χ3v) is 3.88. The minimum absolute atomic E-state index is 0.0700. The Balaban J connectivity index is 1.79. The van der Waals surface area contributed by atoms with Crippen molar-refractivity contribution in [2.24, 2.45) is 5.73 Å². The molecule has 0 bridgehead atoms. The van der Waals surface area contributed by atoms with Crippen LogP contribution in [-0.4, -0.2) is 73.0 Å². The summed E-state index contributed by atoms with van der Waals surface area (Å²) in [6.07, 6.45) is 1.92. The number of nitrogens with two attached hydrogens (primary N) is 1. The third kappa shape index (κ3) is 5.45. The second kappa shape index (κ2) is 6.94. The second-order valence-corrected chi connectivity index (χ2v) is 7.06. The summed E-state index contributed by atoms with van der Waals surface area (Å²) in [6.45, 7) is 10.4. The Bertz CT molecular complexity index is 349. The van der Waals surface area contributed by atoms with E-state index in [4.69, 9.17) is 15.2 Å². The quantitative estimate of drug-likeness (QED) is 0.825. The molecule has 1 amide bonds. The van der Waals surface area contributed by atoms with Crippen molar-refractivity contribution in [1.82, 2.24) is 9.80 Å². The first-order valence-corrected chi connectivity index (χ1v) is 7.91. The molecule has 6 nitrogen and oxygen atoms in total. The Labute approximate surface area is 127 Å². The zero-order valence-corrected chi connectivity index (χ0v) is 13.5. The molecular formula is C15H29N3O3. The number of likely N-dealkylation sites (tertiary alicyclic amines) is 1.